The Kier molecular flexibility index (Phi) is 10.1. The third-order valence-corrected chi connectivity index (χ3v) is 8.83. The van der Waals surface area contributed by atoms with Crippen molar-refractivity contribution >= 4 is 41.4 Å². The minimum atomic E-state index is -5.84. The lowest BCUT2D eigenvalue weighted by atomic mass is 9.68. The Balaban J connectivity index is 1.89. The maximum atomic E-state index is 14.6. The Labute approximate surface area is 260 Å². The van der Waals surface area contributed by atoms with Crippen molar-refractivity contribution in [1.82, 2.24) is 0 Å². The van der Waals surface area contributed by atoms with Crippen LogP contribution in [-0.4, -0.2) is 28.6 Å². The van der Waals surface area contributed by atoms with Gasteiger partial charge in [-0.05, 0) is 72.0 Å². The number of halogens is 4. The lowest BCUT2D eigenvalue weighted by Crippen LogP contribution is -2.38. The van der Waals surface area contributed by atoms with Gasteiger partial charge < -0.3 is 14.5 Å². The van der Waals surface area contributed by atoms with E-state index in [1.165, 1.54) is 43.5 Å². The molecule has 44 heavy (non-hydrogen) atoms. The summed E-state index contributed by atoms with van der Waals surface area (Å²) in [7, 11) is -4.60. The molecule has 0 aliphatic rings. The lowest BCUT2D eigenvalue weighted by Gasteiger charge is -2.33. The molecule has 11 heteroatoms. The quantitative estimate of drug-likeness (QED) is 0.0940. The molecule has 0 amide bonds. The van der Waals surface area contributed by atoms with Crippen molar-refractivity contribution in [2.24, 2.45) is 0 Å². The zero-order valence-corrected chi connectivity index (χ0v) is 25.8. The number of ether oxygens (including phenoxy) is 1. The highest BCUT2D eigenvalue weighted by Crippen LogP contribution is 2.60. The molecule has 0 saturated carbocycles. The van der Waals surface area contributed by atoms with Gasteiger partial charge in [0.2, 0.25) is 0 Å². The van der Waals surface area contributed by atoms with Crippen LogP contribution >= 0.6 is 23.5 Å². The molecule has 0 aliphatic carbocycles. The lowest BCUT2D eigenvalue weighted by molar-refractivity contribution is 0.0557. The summed E-state index contributed by atoms with van der Waals surface area (Å²) in [5.74, 6) is -1.52. The van der Waals surface area contributed by atoms with E-state index < -0.39 is 41.8 Å². The Morgan fingerprint density at radius 3 is 2.09 bits per heavy atom. The van der Waals surface area contributed by atoms with Crippen LogP contribution in [-0.2, 0) is 26.8 Å². The van der Waals surface area contributed by atoms with Crippen LogP contribution in [0.25, 0.3) is 6.08 Å². The Morgan fingerprint density at radius 1 is 0.909 bits per heavy atom. The number of carbonyl (C=O) groups excluding carboxylic acids is 2. The predicted molar refractivity (Wildman–Crippen MR) is 164 cm³/mol. The van der Waals surface area contributed by atoms with Crippen molar-refractivity contribution in [1.29, 1.82) is 0 Å². The molecule has 0 saturated heterocycles. The van der Waals surface area contributed by atoms with Crippen LogP contribution in [0, 0.1) is 5.82 Å². The van der Waals surface area contributed by atoms with Gasteiger partial charge in [-0.25, -0.2) is 9.18 Å². The van der Waals surface area contributed by atoms with E-state index in [1.807, 2.05) is 36.4 Å². The molecule has 4 aromatic rings. The van der Waals surface area contributed by atoms with E-state index in [9.17, 15) is 37.1 Å². The molecular formula is C33H27BrF3O6P. The van der Waals surface area contributed by atoms with Crippen LogP contribution < -0.4 is 0 Å². The van der Waals surface area contributed by atoms with Gasteiger partial charge in [-0.2, -0.15) is 8.78 Å². The Morgan fingerprint density at radius 2 is 1.52 bits per heavy atom. The number of benzene rings is 4. The number of allylic oxidation sites excluding steroid dienone is 1. The number of carbonyl (C=O) groups is 2. The molecule has 0 aliphatic heterocycles. The Bertz CT molecular complexity index is 1720. The van der Waals surface area contributed by atoms with E-state index in [-0.39, 0.29) is 28.4 Å². The highest BCUT2D eigenvalue weighted by molar-refractivity contribution is 9.10. The van der Waals surface area contributed by atoms with Crippen molar-refractivity contribution in [3.05, 3.63) is 147 Å². The van der Waals surface area contributed by atoms with Gasteiger partial charge in [0, 0.05) is 15.6 Å². The van der Waals surface area contributed by atoms with E-state index in [0.29, 0.717) is 11.1 Å². The SMILES string of the molecule is COC(=O)c1ccc(C(C/C=C/c2ccccc2)(Cc2ccc(C(F)(F)P(=O)(O)O)c(Br)c2)C(=O)c2ccc(F)cc2)cc1. The highest BCUT2D eigenvalue weighted by atomic mass is 79.9. The fraction of sp³-hybridized carbons (Fsp3) is 0.152. The summed E-state index contributed by atoms with van der Waals surface area (Å²) >= 11 is 3.03. The molecule has 0 bridgehead atoms. The van der Waals surface area contributed by atoms with Gasteiger partial charge in [0.1, 0.15) is 5.82 Å². The number of hydrogen-bond donors (Lipinski definition) is 2. The van der Waals surface area contributed by atoms with Crippen LogP contribution in [0.2, 0.25) is 0 Å². The number of rotatable bonds is 11. The molecule has 4 aromatic carbocycles. The van der Waals surface area contributed by atoms with Gasteiger partial charge in [-0.3, -0.25) is 9.36 Å². The van der Waals surface area contributed by atoms with Crippen LogP contribution in [0.1, 0.15) is 49.4 Å². The fourth-order valence-electron chi connectivity index (χ4n) is 4.90. The molecule has 6 nitrogen and oxygen atoms in total. The maximum absolute atomic E-state index is 14.6. The summed E-state index contributed by atoms with van der Waals surface area (Å²) < 4.78 is 59.0. The molecular weight excluding hydrogens is 660 g/mol. The minimum absolute atomic E-state index is 0.0553. The molecule has 0 radical (unpaired) electrons. The first kappa shape index (κ1) is 33.1. The number of esters is 1. The van der Waals surface area contributed by atoms with Gasteiger partial charge in [-0.15, -0.1) is 0 Å². The third kappa shape index (κ3) is 7.11. The summed E-state index contributed by atoms with van der Waals surface area (Å²) in [5, 5.41) is 0. The minimum Gasteiger partial charge on any atom is -0.465 e. The van der Waals surface area contributed by atoms with E-state index in [2.05, 4.69) is 15.9 Å². The van der Waals surface area contributed by atoms with Gasteiger partial charge in [0.25, 0.3) is 0 Å². The number of hydrogen-bond acceptors (Lipinski definition) is 4. The summed E-state index contributed by atoms with van der Waals surface area (Å²) in [6.07, 6.45) is 3.68. The largest absolute Gasteiger partial charge is 0.465 e. The van der Waals surface area contributed by atoms with Crippen LogP contribution in [0.5, 0.6) is 0 Å². The number of Topliss-reactive ketones (excluding diaryl/α,β-unsaturated/α-hetero) is 1. The third-order valence-electron chi connectivity index (χ3n) is 7.21. The number of alkyl halides is 2. The smallest absolute Gasteiger partial charge is 0.399 e. The molecule has 1 atom stereocenters. The zero-order chi connectivity index (χ0) is 32.1. The van der Waals surface area contributed by atoms with Crippen molar-refractivity contribution < 1.29 is 41.8 Å². The van der Waals surface area contributed by atoms with Crippen LogP contribution in [0.15, 0.2) is 108 Å². The monoisotopic (exact) mass is 686 g/mol. The fourth-order valence-corrected chi connectivity index (χ4v) is 6.23. The van der Waals surface area contributed by atoms with Gasteiger partial charge in [0.05, 0.1) is 18.1 Å². The molecule has 0 aromatic heterocycles. The normalized spacial score (nSPS) is 13.4. The van der Waals surface area contributed by atoms with E-state index in [4.69, 9.17) is 4.74 Å². The summed E-state index contributed by atoms with van der Waals surface area (Å²) in [6, 6.07) is 24.1. The van der Waals surface area contributed by atoms with E-state index in [0.717, 1.165) is 23.8 Å². The first-order valence-corrected chi connectivity index (χ1v) is 15.6. The van der Waals surface area contributed by atoms with Gasteiger partial charge in [-0.1, -0.05) is 82.7 Å². The second-order valence-corrected chi connectivity index (χ2v) is 12.6. The molecule has 0 spiro atoms. The highest BCUT2D eigenvalue weighted by Gasteiger charge is 2.51. The molecule has 4 rings (SSSR count). The maximum Gasteiger partial charge on any atom is 0.399 e. The van der Waals surface area contributed by atoms with Crippen molar-refractivity contribution in [3.63, 3.8) is 0 Å². The van der Waals surface area contributed by atoms with Crippen molar-refractivity contribution in [3.8, 4) is 0 Å². The van der Waals surface area contributed by atoms with Crippen LogP contribution in [0.3, 0.4) is 0 Å². The molecule has 0 fully saturated rings. The molecule has 0 heterocycles. The second kappa shape index (κ2) is 13.4. The first-order valence-electron chi connectivity index (χ1n) is 13.2. The van der Waals surface area contributed by atoms with Crippen molar-refractivity contribution in [2.45, 2.75) is 23.9 Å². The average Bonchev–Trinajstić information content (AvgIpc) is 3.00. The van der Waals surface area contributed by atoms with E-state index in [1.54, 1.807) is 18.2 Å². The molecule has 228 valence electrons. The standard InChI is InChI=1S/C33H27BrF3O6P/c1-43-31(39)25-10-14-26(15-11-25)32(19-5-8-22-6-3-2-4-7-22,30(38)24-12-16-27(35)17-13-24)21-23-9-18-28(29(34)20-23)33(36,37)44(40,41)42/h2-18,20H,19,21H2,1H3,(H2,40,41,42)/b8-5+. The molecule has 1 unspecified atom stereocenters. The average molecular weight is 687 g/mol. The van der Waals surface area contributed by atoms with E-state index >= 15 is 0 Å². The van der Waals surface area contributed by atoms with Gasteiger partial charge >= 0.3 is 19.2 Å². The summed E-state index contributed by atoms with van der Waals surface area (Å²) in [5.41, 5.74) is -4.58. The first-order chi connectivity index (χ1) is 20.8. The Hall–Kier alpha value is -3.82. The summed E-state index contributed by atoms with van der Waals surface area (Å²) in [6.45, 7) is 0. The number of methoxy groups -OCH3 is 1. The van der Waals surface area contributed by atoms with Crippen molar-refractivity contribution in [2.75, 3.05) is 7.11 Å². The summed E-state index contributed by atoms with van der Waals surface area (Å²) in [4.78, 5) is 45.1. The topological polar surface area (TPSA) is 101 Å². The number of ketones is 1. The van der Waals surface area contributed by atoms with Gasteiger partial charge in [0.15, 0.2) is 5.78 Å². The second-order valence-electron chi connectivity index (χ2n) is 10.1. The predicted octanol–water partition coefficient (Wildman–Crippen LogP) is 8.07. The molecule has 2 N–H and O–H groups in total. The van der Waals surface area contributed by atoms with Crippen LogP contribution in [0.4, 0.5) is 13.2 Å². The zero-order valence-electron chi connectivity index (χ0n) is 23.3.